The molecule has 8 heteroatoms. The number of hydrogen-bond acceptors (Lipinski definition) is 7. The first-order valence-corrected chi connectivity index (χ1v) is 13.8. The van der Waals surface area contributed by atoms with Crippen LogP contribution in [0.25, 0.3) is 0 Å². The third-order valence-electron chi connectivity index (χ3n) is 9.43. The Morgan fingerprint density at radius 2 is 1.56 bits per heavy atom. The molecule has 36 heavy (non-hydrogen) atoms. The molecule has 188 valence electrons. The lowest BCUT2D eigenvalue weighted by Gasteiger charge is -2.61. The zero-order valence-electron chi connectivity index (χ0n) is 21.0. The predicted octanol–water partition coefficient (Wildman–Crippen LogP) is 4.27. The highest BCUT2D eigenvalue weighted by Crippen LogP contribution is 2.60. The van der Waals surface area contributed by atoms with E-state index in [-0.39, 0.29) is 0 Å². The average molecular weight is 503 g/mol. The van der Waals surface area contributed by atoms with Crippen LogP contribution in [0, 0.1) is 33.5 Å². The predicted molar refractivity (Wildman–Crippen MR) is 141 cm³/mol. The van der Waals surface area contributed by atoms with Crippen molar-refractivity contribution in [1.29, 1.82) is 10.5 Å². The van der Waals surface area contributed by atoms with Gasteiger partial charge in [0.2, 0.25) is 0 Å². The van der Waals surface area contributed by atoms with Gasteiger partial charge in [-0.15, -0.1) is 0 Å². The van der Waals surface area contributed by atoms with Crippen molar-refractivity contribution >= 4 is 23.0 Å². The lowest BCUT2D eigenvalue weighted by atomic mass is 9.53. The summed E-state index contributed by atoms with van der Waals surface area (Å²) in [6.45, 7) is 2.33. The summed E-state index contributed by atoms with van der Waals surface area (Å²) in [5, 5.41) is 22.1. The van der Waals surface area contributed by atoms with Gasteiger partial charge < -0.3 is 9.64 Å². The molecule has 0 unspecified atom stereocenters. The number of nitrogens with zero attached hydrogens (tertiary/aromatic N) is 6. The van der Waals surface area contributed by atoms with E-state index in [1.54, 1.807) is 7.11 Å². The maximum atomic E-state index is 11.1. The number of likely N-dealkylation sites (tertiary alicyclic amines) is 1. The van der Waals surface area contributed by atoms with Crippen LogP contribution in [0.4, 0.5) is 0 Å². The Hall–Kier alpha value is -2.52. The number of ether oxygens (including phenoxy) is 1. The van der Waals surface area contributed by atoms with Gasteiger partial charge in [0.25, 0.3) is 0 Å². The first-order valence-electron chi connectivity index (χ1n) is 13.4. The quantitative estimate of drug-likeness (QED) is 0.569. The maximum absolute atomic E-state index is 11.1. The molecule has 3 aliphatic heterocycles. The number of fused-ring (bicyclic) bond motifs is 4. The number of methoxy groups -OCH3 is 1. The third-order valence-corrected chi connectivity index (χ3v) is 10.0. The second-order valence-corrected chi connectivity index (χ2v) is 11.6. The van der Waals surface area contributed by atoms with Gasteiger partial charge in [-0.05, 0) is 31.7 Å². The largest absolute Gasteiger partial charge is 0.496 e. The highest BCUT2D eigenvalue weighted by atomic mass is 32.1. The molecule has 3 heterocycles. The number of amidine groups is 1. The molecule has 1 aromatic rings. The van der Waals surface area contributed by atoms with E-state index in [1.807, 2.05) is 24.3 Å². The Bertz CT molecular complexity index is 1160. The maximum Gasteiger partial charge on any atom is 0.136 e. The van der Waals surface area contributed by atoms with E-state index in [1.165, 1.54) is 38.5 Å². The van der Waals surface area contributed by atoms with Crippen LogP contribution in [0.3, 0.4) is 0 Å². The summed E-state index contributed by atoms with van der Waals surface area (Å²) in [7, 11) is 1.66. The number of thiocarbonyl (C=S) groups is 1. The zero-order chi connectivity index (χ0) is 24.9. The molecule has 4 fully saturated rings. The van der Waals surface area contributed by atoms with Gasteiger partial charge in [0.05, 0.1) is 32.6 Å². The molecular weight excluding hydrogens is 468 g/mol. The fourth-order valence-electron chi connectivity index (χ4n) is 7.77. The van der Waals surface area contributed by atoms with Crippen molar-refractivity contribution in [1.82, 2.24) is 14.7 Å². The SMILES string of the molecule is COc1ccccc1[C@H]1[C@@]2(C#N)CN(C3CCCC3)C[C@]1(C#N)C(=S)N1CN(C3CCCC3)CN=C12. The molecule has 5 aliphatic rings. The number of para-hydroxylation sites is 1. The van der Waals surface area contributed by atoms with E-state index < -0.39 is 16.7 Å². The highest BCUT2D eigenvalue weighted by molar-refractivity contribution is 7.80. The molecule has 0 amide bonds. The standard InChI is InChI=1S/C28H34N6OS/c1-35-23-13-7-6-12-22(23)24-27(14-29)16-32(20-8-2-3-9-20)17-28(24,15-30)26(36)34-19-33(18-31-25(27)34)21-10-4-5-11-21/h6-7,12-13,20-21,24H,2-5,8-11,16-19H2,1H3/t24-,27+,28-/m0/s1. The summed E-state index contributed by atoms with van der Waals surface area (Å²) in [5.74, 6) is 1.03. The van der Waals surface area contributed by atoms with Gasteiger partial charge in [-0.2, -0.15) is 10.5 Å². The lowest BCUT2D eigenvalue weighted by molar-refractivity contribution is 0.0282. The Labute approximate surface area is 219 Å². The number of rotatable bonds is 4. The van der Waals surface area contributed by atoms with E-state index in [9.17, 15) is 10.5 Å². The van der Waals surface area contributed by atoms with Gasteiger partial charge in [-0.3, -0.25) is 14.8 Å². The Morgan fingerprint density at radius 1 is 0.944 bits per heavy atom. The molecule has 6 rings (SSSR count). The van der Waals surface area contributed by atoms with Crippen molar-refractivity contribution < 1.29 is 4.74 Å². The minimum absolute atomic E-state index is 0.387. The van der Waals surface area contributed by atoms with Crippen molar-refractivity contribution in [3.05, 3.63) is 29.8 Å². The van der Waals surface area contributed by atoms with Gasteiger partial charge in [0.15, 0.2) is 0 Å². The van der Waals surface area contributed by atoms with Crippen LogP contribution in [0.5, 0.6) is 5.75 Å². The second-order valence-electron chi connectivity index (χ2n) is 11.2. The Balaban J connectivity index is 1.53. The van der Waals surface area contributed by atoms with Crippen LogP contribution >= 0.6 is 12.2 Å². The van der Waals surface area contributed by atoms with Gasteiger partial charge in [0.1, 0.15) is 27.4 Å². The molecule has 2 bridgehead atoms. The van der Waals surface area contributed by atoms with Crippen molar-refractivity contribution in [2.24, 2.45) is 15.8 Å². The minimum Gasteiger partial charge on any atom is -0.496 e. The summed E-state index contributed by atoms with van der Waals surface area (Å²) in [6.07, 6.45) is 9.47. The van der Waals surface area contributed by atoms with Gasteiger partial charge in [-0.25, -0.2) is 0 Å². The Kier molecular flexibility index (Phi) is 6.03. The fraction of sp³-hybridized carbons (Fsp3) is 0.643. The van der Waals surface area contributed by atoms with E-state index >= 15 is 0 Å². The zero-order valence-corrected chi connectivity index (χ0v) is 21.8. The smallest absolute Gasteiger partial charge is 0.136 e. The van der Waals surface area contributed by atoms with E-state index in [0.29, 0.717) is 49.2 Å². The molecule has 0 aromatic heterocycles. The van der Waals surface area contributed by atoms with Crippen LogP contribution in [0.2, 0.25) is 0 Å². The van der Waals surface area contributed by atoms with Gasteiger partial charge >= 0.3 is 0 Å². The number of benzene rings is 1. The lowest BCUT2D eigenvalue weighted by Crippen LogP contribution is -2.74. The minimum atomic E-state index is -1.02. The normalized spacial score (nSPS) is 33.6. The molecule has 0 spiro atoms. The van der Waals surface area contributed by atoms with Crippen molar-refractivity contribution in [3.63, 3.8) is 0 Å². The highest BCUT2D eigenvalue weighted by Gasteiger charge is 2.69. The Morgan fingerprint density at radius 3 is 2.19 bits per heavy atom. The van der Waals surface area contributed by atoms with E-state index in [4.69, 9.17) is 21.9 Å². The van der Waals surface area contributed by atoms with Crippen LogP contribution in [0.15, 0.2) is 29.3 Å². The molecule has 2 saturated carbocycles. The van der Waals surface area contributed by atoms with Gasteiger partial charge in [0, 0.05) is 36.7 Å². The number of piperidine rings is 2. The molecule has 2 aliphatic carbocycles. The van der Waals surface area contributed by atoms with E-state index in [2.05, 4.69) is 26.8 Å². The average Bonchev–Trinajstić information content (AvgIpc) is 3.66. The van der Waals surface area contributed by atoms with Crippen molar-refractivity contribution in [2.45, 2.75) is 69.4 Å². The summed E-state index contributed by atoms with van der Waals surface area (Å²) >= 11 is 6.25. The first kappa shape index (κ1) is 23.9. The topological polar surface area (TPSA) is 78.9 Å². The third kappa shape index (κ3) is 3.35. The molecule has 3 atom stereocenters. The molecule has 0 N–H and O–H groups in total. The molecular formula is C28H34N6OS. The second kappa shape index (κ2) is 9.10. The van der Waals surface area contributed by atoms with Gasteiger partial charge in [-0.1, -0.05) is 56.1 Å². The van der Waals surface area contributed by atoms with E-state index in [0.717, 1.165) is 24.2 Å². The molecule has 0 radical (unpaired) electrons. The molecule has 1 aromatic carbocycles. The summed E-state index contributed by atoms with van der Waals surface area (Å²) in [6, 6.07) is 14.2. The van der Waals surface area contributed by atoms with Crippen LogP contribution in [-0.2, 0) is 0 Å². The number of hydrogen-bond donors (Lipinski definition) is 0. The van der Waals surface area contributed by atoms with Crippen LogP contribution < -0.4 is 4.74 Å². The summed E-state index contributed by atoms with van der Waals surface area (Å²) < 4.78 is 5.79. The molecule has 7 nitrogen and oxygen atoms in total. The first-order chi connectivity index (χ1) is 17.6. The summed E-state index contributed by atoms with van der Waals surface area (Å²) in [5.41, 5.74) is -1.11. The van der Waals surface area contributed by atoms with Crippen LogP contribution in [0.1, 0.15) is 62.8 Å². The number of nitriles is 2. The monoisotopic (exact) mass is 502 g/mol. The van der Waals surface area contributed by atoms with Crippen molar-refractivity contribution in [3.8, 4) is 17.9 Å². The van der Waals surface area contributed by atoms with Crippen LogP contribution in [-0.4, -0.2) is 71.1 Å². The summed E-state index contributed by atoms with van der Waals surface area (Å²) in [4.78, 5) is 12.6. The van der Waals surface area contributed by atoms with Crippen molar-refractivity contribution in [2.75, 3.05) is 33.5 Å². The number of aliphatic imine (C=N–C) groups is 1. The molecule has 2 saturated heterocycles. The fourth-order valence-corrected chi connectivity index (χ4v) is 8.14.